The number of nitrogens with one attached hydrogen (secondary N) is 2. The van der Waals surface area contributed by atoms with Crippen LogP contribution in [0.2, 0.25) is 0 Å². The molecule has 1 saturated carbocycles. The van der Waals surface area contributed by atoms with Crippen LogP contribution in [0, 0.1) is 0 Å². The van der Waals surface area contributed by atoms with Crippen LogP contribution in [-0.4, -0.2) is 47.9 Å². The van der Waals surface area contributed by atoms with Crippen molar-refractivity contribution in [3.05, 3.63) is 23.8 Å². The molecule has 3 rings (SSSR count). The quantitative estimate of drug-likeness (QED) is 0.721. The Hall–Kier alpha value is -2.28. The first-order chi connectivity index (χ1) is 12.2. The Bertz CT molecular complexity index is 695. The Kier molecular flexibility index (Phi) is 5.09. The lowest BCUT2D eigenvalue weighted by atomic mass is 10.1. The smallest absolute Gasteiger partial charge is 0.407 e. The molecule has 0 bridgehead atoms. The van der Waals surface area contributed by atoms with E-state index in [0.717, 1.165) is 29.8 Å². The number of nitrogens with zero attached hydrogens (tertiary/aromatic N) is 1. The van der Waals surface area contributed by atoms with Crippen molar-refractivity contribution < 1.29 is 19.4 Å². The van der Waals surface area contributed by atoms with Crippen molar-refractivity contribution in [2.75, 3.05) is 23.3 Å². The molecule has 1 aliphatic carbocycles. The van der Waals surface area contributed by atoms with Gasteiger partial charge in [0.1, 0.15) is 5.60 Å². The van der Waals surface area contributed by atoms with Gasteiger partial charge in [0.15, 0.2) is 0 Å². The molecule has 3 N–H and O–H groups in total. The summed E-state index contributed by atoms with van der Waals surface area (Å²) in [7, 11) is 0. The lowest BCUT2D eigenvalue weighted by Crippen LogP contribution is -2.39. The van der Waals surface area contributed by atoms with Gasteiger partial charge in [0.05, 0.1) is 12.5 Å². The van der Waals surface area contributed by atoms with E-state index in [1.807, 2.05) is 23.1 Å². The van der Waals surface area contributed by atoms with E-state index in [9.17, 15) is 14.7 Å². The third-order valence-electron chi connectivity index (χ3n) is 4.28. The summed E-state index contributed by atoms with van der Waals surface area (Å²) in [6.45, 7) is 5.74. The van der Waals surface area contributed by atoms with Gasteiger partial charge in [-0.25, -0.2) is 4.79 Å². The van der Waals surface area contributed by atoms with Gasteiger partial charge in [0, 0.05) is 30.5 Å². The molecule has 0 unspecified atom stereocenters. The molecule has 0 saturated heterocycles. The lowest BCUT2D eigenvalue weighted by Gasteiger charge is -2.21. The van der Waals surface area contributed by atoms with Crippen LogP contribution in [0.4, 0.5) is 16.2 Å². The van der Waals surface area contributed by atoms with Crippen LogP contribution in [0.3, 0.4) is 0 Å². The van der Waals surface area contributed by atoms with Crippen molar-refractivity contribution in [1.29, 1.82) is 0 Å². The maximum Gasteiger partial charge on any atom is 0.407 e. The number of benzene rings is 1. The average molecular weight is 361 g/mol. The van der Waals surface area contributed by atoms with Gasteiger partial charge in [-0.2, -0.15) is 0 Å². The fraction of sp³-hybridized carbons (Fsp3) is 0.579. The van der Waals surface area contributed by atoms with E-state index in [1.54, 1.807) is 20.8 Å². The number of alkyl carbamates (subject to hydrolysis) is 1. The summed E-state index contributed by atoms with van der Waals surface area (Å²) in [4.78, 5) is 25.7. The topological polar surface area (TPSA) is 90.9 Å². The summed E-state index contributed by atoms with van der Waals surface area (Å²) < 4.78 is 5.13. The largest absolute Gasteiger partial charge is 0.444 e. The van der Waals surface area contributed by atoms with E-state index in [4.69, 9.17) is 4.74 Å². The highest BCUT2D eigenvalue weighted by molar-refractivity contribution is 6.02. The molecule has 1 aromatic rings. The van der Waals surface area contributed by atoms with Crippen LogP contribution in [0.25, 0.3) is 0 Å². The van der Waals surface area contributed by atoms with E-state index < -0.39 is 17.8 Å². The number of rotatable bonds is 6. The number of carbonyl (C=O) groups is 2. The van der Waals surface area contributed by atoms with Gasteiger partial charge in [-0.1, -0.05) is 0 Å². The normalized spacial score (nSPS) is 17.7. The van der Waals surface area contributed by atoms with E-state index in [-0.39, 0.29) is 19.0 Å². The Balaban J connectivity index is 1.47. The summed E-state index contributed by atoms with van der Waals surface area (Å²) >= 11 is 0. The number of hydrogen-bond acceptors (Lipinski definition) is 5. The van der Waals surface area contributed by atoms with Gasteiger partial charge in [0.25, 0.3) is 0 Å². The SMILES string of the molecule is CC(C)(C)OC(=O)NC[C@H](O)CNc1ccc2c(c1)CC(=O)N2C1CC1. The molecule has 7 heteroatoms. The molecule has 142 valence electrons. The highest BCUT2D eigenvalue weighted by Crippen LogP contribution is 2.39. The summed E-state index contributed by atoms with van der Waals surface area (Å²) in [5.74, 6) is 0.168. The molecule has 1 aromatic carbocycles. The molecule has 0 radical (unpaired) electrons. The van der Waals surface area contributed by atoms with Crippen LogP contribution >= 0.6 is 0 Å². The van der Waals surface area contributed by atoms with Gasteiger partial charge in [-0.3, -0.25) is 4.79 Å². The molecule has 26 heavy (non-hydrogen) atoms. The molecule has 1 heterocycles. The summed E-state index contributed by atoms with van der Waals surface area (Å²) in [6, 6.07) is 6.22. The predicted octanol–water partition coefficient (Wildman–Crippen LogP) is 2.04. The molecular formula is C19H27N3O4. The number of aliphatic hydroxyl groups excluding tert-OH is 1. The minimum atomic E-state index is -0.750. The molecule has 0 spiro atoms. The Morgan fingerprint density at radius 1 is 1.35 bits per heavy atom. The Morgan fingerprint density at radius 3 is 2.73 bits per heavy atom. The predicted molar refractivity (Wildman–Crippen MR) is 99.4 cm³/mol. The molecule has 1 fully saturated rings. The summed E-state index contributed by atoms with van der Waals surface area (Å²) in [5.41, 5.74) is 2.32. The molecule has 1 aliphatic heterocycles. The minimum Gasteiger partial charge on any atom is -0.444 e. The van der Waals surface area contributed by atoms with Crippen LogP contribution in [-0.2, 0) is 16.0 Å². The first kappa shape index (κ1) is 18.5. The summed E-state index contributed by atoms with van der Waals surface area (Å²) in [5, 5.41) is 15.7. The number of ether oxygens (including phenoxy) is 1. The van der Waals surface area contributed by atoms with Crippen molar-refractivity contribution in [3.8, 4) is 0 Å². The van der Waals surface area contributed by atoms with Gasteiger partial charge in [0.2, 0.25) is 5.91 Å². The summed E-state index contributed by atoms with van der Waals surface area (Å²) in [6.07, 6.45) is 1.31. The van der Waals surface area contributed by atoms with E-state index >= 15 is 0 Å². The Labute approximate surface area is 153 Å². The Morgan fingerprint density at radius 2 is 2.08 bits per heavy atom. The second kappa shape index (κ2) is 7.15. The lowest BCUT2D eigenvalue weighted by molar-refractivity contribution is -0.117. The third-order valence-corrected chi connectivity index (χ3v) is 4.28. The third kappa shape index (κ3) is 4.66. The van der Waals surface area contributed by atoms with Crippen molar-refractivity contribution >= 4 is 23.4 Å². The highest BCUT2D eigenvalue weighted by atomic mass is 16.6. The van der Waals surface area contributed by atoms with E-state index in [1.165, 1.54) is 0 Å². The number of aliphatic hydroxyl groups is 1. The zero-order chi connectivity index (χ0) is 18.9. The average Bonchev–Trinajstić information content (AvgIpc) is 3.31. The fourth-order valence-electron chi connectivity index (χ4n) is 3.01. The van der Waals surface area contributed by atoms with Crippen molar-refractivity contribution in [3.63, 3.8) is 0 Å². The number of fused-ring (bicyclic) bond motifs is 1. The van der Waals surface area contributed by atoms with Gasteiger partial charge in [-0.05, 0) is 57.4 Å². The maximum atomic E-state index is 12.2. The molecule has 2 aliphatic rings. The maximum absolute atomic E-state index is 12.2. The first-order valence-corrected chi connectivity index (χ1v) is 9.07. The second-order valence-electron chi connectivity index (χ2n) is 7.93. The second-order valence-corrected chi connectivity index (χ2v) is 7.93. The van der Waals surface area contributed by atoms with Gasteiger partial charge < -0.3 is 25.4 Å². The first-order valence-electron chi connectivity index (χ1n) is 9.07. The van der Waals surface area contributed by atoms with E-state index in [0.29, 0.717) is 12.5 Å². The molecule has 2 amide bonds. The fourth-order valence-corrected chi connectivity index (χ4v) is 3.01. The van der Waals surface area contributed by atoms with Crippen LogP contribution < -0.4 is 15.5 Å². The number of carbonyl (C=O) groups excluding carboxylic acids is 2. The minimum absolute atomic E-state index is 0.0980. The molecule has 0 aromatic heterocycles. The zero-order valence-corrected chi connectivity index (χ0v) is 15.5. The number of anilines is 2. The highest BCUT2D eigenvalue weighted by Gasteiger charge is 2.38. The van der Waals surface area contributed by atoms with Crippen molar-refractivity contribution in [2.24, 2.45) is 0 Å². The number of amides is 2. The van der Waals surface area contributed by atoms with Crippen LogP contribution in [0.15, 0.2) is 18.2 Å². The standard InChI is InChI=1S/C19H27N3O4/c1-19(2,3)26-18(25)21-11-15(23)10-20-13-4-7-16-12(8-13)9-17(24)22(16)14-5-6-14/h4,7-8,14-15,20,23H,5-6,9-11H2,1-3H3,(H,21,25)/t15-/m1/s1. The van der Waals surface area contributed by atoms with Crippen LogP contribution in [0.5, 0.6) is 0 Å². The van der Waals surface area contributed by atoms with Gasteiger partial charge >= 0.3 is 6.09 Å². The van der Waals surface area contributed by atoms with Crippen molar-refractivity contribution in [2.45, 2.75) is 57.8 Å². The molecular weight excluding hydrogens is 334 g/mol. The van der Waals surface area contributed by atoms with Gasteiger partial charge in [-0.15, -0.1) is 0 Å². The zero-order valence-electron chi connectivity index (χ0n) is 15.5. The molecule has 1 atom stereocenters. The molecule has 7 nitrogen and oxygen atoms in total. The monoisotopic (exact) mass is 361 g/mol. The van der Waals surface area contributed by atoms with Crippen molar-refractivity contribution in [1.82, 2.24) is 5.32 Å². The van der Waals surface area contributed by atoms with Crippen LogP contribution in [0.1, 0.15) is 39.2 Å². The number of hydrogen-bond donors (Lipinski definition) is 3. The van der Waals surface area contributed by atoms with E-state index in [2.05, 4.69) is 10.6 Å².